The minimum Gasteiger partial charge on any atom is -0.370 e. The number of aromatic nitrogens is 1. The number of nitrogens with zero attached hydrogens (tertiary/aromatic N) is 3. The van der Waals surface area contributed by atoms with Gasteiger partial charge in [-0.25, -0.2) is 9.88 Å². The van der Waals surface area contributed by atoms with E-state index in [2.05, 4.69) is 27.4 Å². The zero-order chi connectivity index (χ0) is 26.0. The quantitative estimate of drug-likeness (QED) is 0.376. The largest absolute Gasteiger partial charge is 0.370 e. The lowest BCUT2D eigenvalue weighted by Gasteiger charge is -2.35. The van der Waals surface area contributed by atoms with Crippen molar-refractivity contribution >= 4 is 50.6 Å². The van der Waals surface area contributed by atoms with Gasteiger partial charge in [0.2, 0.25) is 5.91 Å². The Kier molecular flexibility index (Phi) is 5.62. The molecule has 1 unspecified atom stereocenters. The molecule has 2 bridgehead atoms. The first-order valence-corrected chi connectivity index (χ1v) is 14.4. The van der Waals surface area contributed by atoms with Gasteiger partial charge in [0.25, 0.3) is 11.8 Å². The van der Waals surface area contributed by atoms with Crippen molar-refractivity contribution in [3.05, 3.63) is 64.7 Å². The molecule has 2 aromatic carbocycles. The highest BCUT2D eigenvalue weighted by Crippen LogP contribution is 2.43. The second-order valence-electron chi connectivity index (χ2n) is 11.1. The summed E-state index contributed by atoms with van der Waals surface area (Å²) in [7, 11) is 0. The van der Waals surface area contributed by atoms with Crippen LogP contribution in [0, 0.1) is 30.6 Å². The number of allylic oxidation sites excluding steroid dienone is 2. The summed E-state index contributed by atoms with van der Waals surface area (Å²) in [6.45, 7) is 3.99. The molecule has 38 heavy (non-hydrogen) atoms. The van der Waals surface area contributed by atoms with Gasteiger partial charge < -0.3 is 10.2 Å². The number of piperidine rings is 1. The predicted octanol–water partition coefficient (Wildman–Crippen LogP) is 4.95. The average molecular weight is 527 g/mol. The topological polar surface area (TPSA) is 82.6 Å². The summed E-state index contributed by atoms with van der Waals surface area (Å²) >= 11 is 1.59. The number of aryl methyl sites for hydroxylation is 1. The number of fused-ring (bicyclic) bond motifs is 4. The Morgan fingerprint density at radius 3 is 2.84 bits per heavy atom. The van der Waals surface area contributed by atoms with Gasteiger partial charge in [0, 0.05) is 19.6 Å². The van der Waals surface area contributed by atoms with E-state index in [0.717, 1.165) is 46.8 Å². The zero-order valence-corrected chi connectivity index (χ0v) is 22.2. The number of rotatable bonds is 5. The second kappa shape index (κ2) is 9.05. The maximum Gasteiger partial charge on any atom is 0.268 e. The van der Waals surface area contributed by atoms with Gasteiger partial charge >= 0.3 is 0 Å². The monoisotopic (exact) mass is 526 g/mol. The summed E-state index contributed by atoms with van der Waals surface area (Å²) in [5.41, 5.74) is 2.91. The van der Waals surface area contributed by atoms with Gasteiger partial charge in [-0.3, -0.25) is 14.4 Å². The molecule has 8 heteroatoms. The number of anilines is 2. The van der Waals surface area contributed by atoms with Gasteiger partial charge in [0.1, 0.15) is 0 Å². The van der Waals surface area contributed by atoms with Crippen LogP contribution >= 0.6 is 11.3 Å². The van der Waals surface area contributed by atoms with E-state index in [9.17, 15) is 14.4 Å². The molecule has 0 radical (unpaired) electrons. The maximum atomic E-state index is 13.7. The van der Waals surface area contributed by atoms with Crippen LogP contribution in [0.1, 0.15) is 51.4 Å². The van der Waals surface area contributed by atoms with Gasteiger partial charge in [0.15, 0.2) is 0 Å². The van der Waals surface area contributed by atoms with Crippen LogP contribution in [0.25, 0.3) is 10.2 Å². The normalized spacial score (nSPS) is 26.0. The molecule has 1 aromatic heterocycles. The molecule has 4 atom stereocenters. The van der Waals surface area contributed by atoms with E-state index in [1.54, 1.807) is 17.4 Å². The van der Waals surface area contributed by atoms with Gasteiger partial charge in [-0.15, -0.1) is 11.3 Å². The average Bonchev–Trinajstić information content (AvgIpc) is 3.70. The smallest absolute Gasteiger partial charge is 0.268 e. The van der Waals surface area contributed by atoms with E-state index < -0.39 is 0 Å². The molecule has 3 heterocycles. The Labute approximate surface area is 225 Å². The third-order valence-electron chi connectivity index (χ3n) is 8.72. The number of benzene rings is 2. The third-order valence-corrected chi connectivity index (χ3v) is 9.67. The van der Waals surface area contributed by atoms with E-state index in [1.165, 1.54) is 17.7 Å². The highest BCUT2D eigenvalue weighted by Gasteiger charge is 2.41. The Bertz CT molecular complexity index is 1510. The van der Waals surface area contributed by atoms with E-state index in [0.29, 0.717) is 41.1 Å². The number of nitrogens with one attached hydrogen (secondary N) is 1. The Morgan fingerprint density at radius 1 is 1.13 bits per heavy atom. The standard InChI is InChI=1S/C30H30N4O3S/c1-17-32-24-14-22(9-10-26(24)38-17)34-29(36)23-5-2-6-25(27(23)30(34)37)33-11-3-4-20(16-33)28(35)31-15-21-13-18-7-8-19(21)12-18/h2,5-10,14,18-21H,3-4,11-13,15-16H2,1H3,(H,31,35)/t18-,19+,20?,21-/m1/s1. The first kappa shape index (κ1) is 23.6. The van der Waals surface area contributed by atoms with Crippen molar-refractivity contribution in [3.63, 3.8) is 0 Å². The second-order valence-corrected chi connectivity index (χ2v) is 12.3. The number of carbonyl (C=O) groups is 3. The van der Waals surface area contributed by atoms with Crippen molar-refractivity contribution in [1.82, 2.24) is 10.3 Å². The maximum absolute atomic E-state index is 13.7. The van der Waals surface area contributed by atoms with Crippen molar-refractivity contribution < 1.29 is 14.4 Å². The highest BCUT2D eigenvalue weighted by atomic mass is 32.1. The first-order chi connectivity index (χ1) is 18.5. The van der Waals surface area contributed by atoms with E-state index in [-0.39, 0.29) is 23.6 Å². The van der Waals surface area contributed by atoms with Crippen LogP contribution < -0.4 is 15.1 Å². The summed E-state index contributed by atoms with van der Waals surface area (Å²) in [4.78, 5) is 48.2. The van der Waals surface area contributed by atoms with Gasteiger partial charge in [-0.05, 0) is 80.7 Å². The van der Waals surface area contributed by atoms with Crippen LogP contribution in [0.15, 0.2) is 48.6 Å². The summed E-state index contributed by atoms with van der Waals surface area (Å²) < 4.78 is 1.03. The molecule has 4 aliphatic rings. The Morgan fingerprint density at radius 2 is 2.03 bits per heavy atom. The number of imide groups is 1. The number of hydrogen-bond donors (Lipinski definition) is 1. The molecule has 194 valence electrons. The number of hydrogen-bond acceptors (Lipinski definition) is 6. The molecule has 1 saturated carbocycles. The summed E-state index contributed by atoms with van der Waals surface area (Å²) in [6, 6.07) is 11.0. The van der Waals surface area contributed by atoms with Crippen LogP contribution in [-0.2, 0) is 4.79 Å². The molecule has 1 N–H and O–H groups in total. The fourth-order valence-electron chi connectivity index (χ4n) is 6.85. The van der Waals surface area contributed by atoms with Gasteiger partial charge in [-0.2, -0.15) is 0 Å². The fourth-order valence-corrected chi connectivity index (χ4v) is 7.66. The minimum atomic E-state index is -0.317. The van der Waals surface area contributed by atoms with Gasteiger partial charge in [-0.1, -0.05) is 18.2 Å². The minimum absolute atomic E-state index is 0.102. The fraction of sp³-hybridized carbons (Fsp3) is 0.400. The van der Waals surface area contributed by atoms with Crippen molar-refractivity contribution in [3.8, 4) is 0 Å². The Balaban J connectivity index is 1.10. The van der Waals surface area contributed by atoms with Crippen molar-refractivity contribution in [2.45, 2.75) is 32.6 Å². The molecule has 1 saturated heterocycles. The lowest BCUT2D eigenvalue weighted by Crippen LogP contribution is -2.44. The molecule has 0 spiro atoms. The molecular weight excluding hydrogens is 496 g/mol. The van der Waals surface area contributed by atoms with E-state index in [1.807, 2.05) is 37.3 Å². The van der Waals surface area contributed by atoms with E-state index in [4.69, 9.17) is 0 Å². The Hall–Kier alpha value is -3.52. The highest BCUT2D eigenvalue weighted by molar-refractivity contribution is 7.18. The molecule has 3 amide bonds. The number of thiazole rings is 1. The number of carbonyl (C=O) groups excluding carboxylic acids is 3. The molecule has 3 aromatic rings. The zero-order valence-electron chi connectivity index (χ0n) is 21.4. The van der Waals surface area contributed by atoms with E-state index >= 15 is 0 Å². The molecule has 2 aliphatic carbocycles. The van der Waals surface area contributed by atoms with Crippen LogP contribution in [0.3, 0.4) is 0 Å². The van der Waals surface area contributed by atoms with Crippen LogP contribution in [0.4, 0.5) is 11.4 Å². The van der Waals surface area contributed by atoms with Crippen molar-refractivity contribution in [2.75, 3.05) is 29.4 Å². The summed E-state index contributed by atoms with van der Waals surface area (Å²) in [5, 5.41) is 4.17. The van der Waals surface area contributed by atoms with Crippen LogP contribution in [0.2, 0.25) is 0 Å². The van der Waals surface area contributed by atoms with Crippen LogP contribution in [-0.4, -0.2) is 42.3 Å². The van der Waals surface area contributed by atoms with Crippen molar-refractivity contribution in [2.24, 2.45) is 23.7 Å². The SMILES string of the molecule is Cc1nc2cc(N3C(=O)c4cccc(N5CCCC(C(=O)NC[C@H]6C[C@@H]7C=C[C@H]6C7)C5)c4C3=O)ccc2s1. The first-order valence-electron chi connectivity index (χ1n) is 13.6. The lowest BCUT2D eigenvalue weighted by molar-refractivity contribution is -0.125. The summed E-state index contributed by atoms with van der Waals surface area (Å²) in [6.07, 6.45) is 8.75. The lowest BCUT2D eigenvalue weighted by atomic mass is 9.92. The molecule has 7 rings (SSSR count). The summed E-state index contributed by atoms with van der Waals surface area (Å²) in [5.74, 6) is 1.19. The molecular formula is C30H30N4O3S. The molecule has 2 fully saturated rings. The molecule has 7 nitrogen and oxygen atoms in total. The third kappa shape index (κ3) is 3.85. The number of amides is 3. The van der Waals surface area contributed by atoms with Crippen molar-refractivity contribution in [1.29, 1.82) is 0 Å². The van der Waals surface area contributed by atoms with Gasteiger partial charge in [0.05, 0.1) is 43.6 Å². The predicted molar refractivity (Wildman–Crippen MR) is 149 cm³/mol. The molecule has 2 aliphatic heterocycles. The van der Waals surface area contributed by atoms with Crippen LogP contribution in [0.5, 0.6) is 0 Å².